The van der Waals surface area contributed by atoms with E-state index >= 15 is 0 Å². The SMILES string of the molecule is CCCCCC/C=C\C/C=C\CCCCCCCC(=O)OC(CO)COC(=O)CCCCCCCCCCCCCCCCC/C=C\CCCCCCCCCC. The Hall–Kier alpha value is -1.88. The summed E-state index contributed by atoms with van der Waals surface area (Å²) in [5, 5.41) is 9.60. The number of allylic oxidation sites excluding steroid dienone is 6. The van der Waals surface area contributed by atoms with Gasteiger partial charge in [0.25, 0.3) is 0 Å². The molecule has 0 aliphatic carbocycles. The van der Waals surface area contributed by atoms with Crippen molar-refractivity contribution < 1.29 is 24.2 Å². The summed E-state index contributed by atoms with van der Waals surface area (Å²) in [4.78, 5) is 24.4. The van der Waals surface area contributed by atoms with Gasteiger partial charge in [0.2, 0.25) is 0 Å². The second-order valence-corrected chi connectivity index (χ2v) is 16.9. The number of hydrogen-bond donors (Lipinski definition) is 1. The predicted octanol–water partition coefficient (Wildman–Crippen LogP) is 16.4. The Kier molecular flexibility index (Phi) is 46.9. The molecule has 0 amide bonds. The van der Waals surface area contributed by atoms with E-state index in [-0.39, 0.29) is 25.2 Å². The molecule has 0 aromatic rings. The van der Waals surface area contributed by atoms with Gasteiger partial charge < -0.3 is 14.6 Å². The fraction of sp³-hybridized carbons (Fsp3) is 0.846. The molecule has 5 nitrogen and oxygen atoms in total. The number of unbranched alkanes of at least 4 members (excludes halogenated alkanes) is 32. The second kappa shape index (κ2) is 48.5. The maximum Gasteiger partial charge on any atom is 0.306 e. The van der Waals surface area contributed by atoms with E-state index in [1.54, 1.807) is 0 Å². The third kappa shape index (κ3) is 46.7. The molecular weight excluding hydrogens is 705 g/mol. The van der Waals surface area contributed by atoms with Crippen LogP contribution in [0.2, 0.25) is 0 Å². The first-order valence-corrected chi connectivity index (χ1v) is 25.0. The van der Waals surface area contributed by atoms with Gasteiger partial charge in [-0.05, 0) is 70.6 Å². The molecule has 0 heterocycles. The van der Waals surface area contributed by atoms with Crippen molar-refractivity contribution in [2.75, 3.05) is 13.2 Å². The number of carbonyl (C=O) groups excluding carboxylic acids is 2. The Morgan fingerprint density at radius 1 is 0.404 bits per heavy atom. The number of esters is 2. The Balaban J connectivity index is 3.46. The molecule has 0 aliphatic heterocycles. The summed E-state index contributed by atoms with van der Waals surface area (Å²) in [5.41, 5.74) is 0. The monoisotopic (exact) mass is 801 g/mol. The highest BCUT2D eigenvalue weighted by Gasteiger charge is 2.16. The van der Waals surface area contributed by atoms with Crippen LogP contribution in [-0.4, -0.2) is 36.4 Å². The van der Waals surface area contributed by atoms with Crippen molar-refractivity contribution in [3.05, 3.63) is 36.5 Å². The largest absolute Gasteiger partial charge is 0.462 e. The van der Waals surface area contributed by atoms with Gasteiger partial charge in [0, 0.05) is 12.8 Å². The fourth-order valence-corrected chi connectivity index (χ4v) is 7.35. The number of aliphatic hydroxyl groups excluding tert-OH is 1. The van der Waals surface area contributed by atoms with Gasteiger partial charge >= 0.3 is 11.9 Å². The van der Waals surface area contributed by atoms with Crippen LogP contribution in [0.3, 0.4) is 0 Å². The molecule has 0 saturated carbocycles. The molecule has 1 N–H and O–H groups in total. The predicted molar refractivity (Wildman–Crippen MR) is 247 cm³/mol. The summed E-state index contributed by atoms with van der Waals surface area (Å²) in [6.45, 7) is 4.13. The molecule has 57 heavy (non-hydrogen) atoms. The second-order valence-electron chi connectivity index (χ2n) is 16.9. The first-order valence-electron chi connectivity index (χ1n) is 25.0. The van der Waals surface area contributed by atoms with Crippen LogP contribution < -0.4 is 0 Å². The molecule has 0 aliphatic rings. The smallest absolute Gasteiger partial charge is 0.306 e. The summed E-state index contributed by atoms with van der Waals surface area (Å²) in [7, 11) is 0. The lowest BCUT2D eigenvalue weighted by atomic mass is 10.0. The standard InChI is InChI=1S/C52H96O5/c1-3-5-7-9-11-13-15-17-19-21-22-23-24-25-26-27-28-29-30-31-33-34-36-38-40-42-44-46-51(54)56-49-50(48-53)57-52(55)47-45-43-41-39-37-35-32-20-18-16-14-12-10-8-6-4-2/h14,16,20-22,32,50,53H,3-13,15,17-19,23-31,33-49H2,1-2H3/b16-14-,22-21-,32-20-. The molecule has 0 spiro atoms. The van der Waals surface area contributed by atoms with E-state index in [0.29, 0.717) is 12.8 Å². The normalized spacial score (nSPS) is 12.4. The molecule has 1 atom stereocenters. The number of ether oxygens (including phenoxy) is 2. The van der Waals surface area contributed by atoms with E-state index in [4.69, 9.17) is 9.47 Å². The third-order valence-electron chi connectivity index (χ3n) is 11.2. The lowest BCUT2D eigenvalue weighted by Gasteiger charge is -2.15. The topological polar surface area (TPSA) is 72.8 Å². The van der Waals surface area contributed by atoms with Crippen molar-refractivity contribution in [2.45, 2.75) is 270 Å². The first kappa shape index (κ1) is 55.1. The van der Waals surface area contributed by atoms with E-state index < -0.39 is 6.10 Å². The van der Waals surface area contributed by atoms with Gasteiger partial charge in [-0.3, -0.25) is 9.59 Å². The van der Waals surface area contributed by atoms with E-state index in [0.717, 1.165) is 51.4 Å². The Labute approximate surface area is 355 Å². The molecule has 0 rings (SSSR count). The van der Waals surface area contributed by atoms with Gasteiger partial charge in [0.15, 0.2) is 6.10 Å². The summed E-state index contributed by atoms with van der Waals surface area (Å²) in [6.07, 6.45) is 61.0. The van der Waals surface area contributed by atoms with Crippen LogP contribution >= 0.6 is 0 Å². The molecule has 1 unspecified atom stereocenters. The molecule has 334 valence electrons. The zero-order valence-corrected chi connectivity index (χ0v) is 38.1. The van der Waals surface area contributed by atoms with Crippen molar-refractivity contribution in [1.29, 1.82) is 0 Å². The zero-order chi connectivity index (χ0) is 41.4. The molecule has 0 saturated heterocycles. The maximum absolute atomic E-state index is 12.2. The molecule has 0 bridgehead atoms. The van der Waals surface area contributed by atoms with Crippen molar-refractivity contribution in [2.24, 2.45) is 0 Å². The van der Waals surface area contributed by atoms with E-state index in [1.807, 2.05) is 0 Å². The number of carbonyl (C=O) groups is 2. The molecule has 5 heteroatoms. The van der Waals surface area contributed by atoms with Gasteiger partial charge in [-0.15, -0.1) is 0 Å². The molecular formula is C52H96O5. The molecule has 0 fully saturated rings. The van der Waals surface area contributed by atoms with Gasteiger partial charge in [-0.2, -0.15) is 0 Å². The summed E-state index contributed by atoms with van der Waals surface area (Å²) < 4.78 is 10.7. The highest BCUT2D eigenvalue weighted by molar-refractivity contribution is 5.70. The quantitative estimate of drug-likeness (QED) is 0.0377. The zero-order valence-electron chi connectivity index (χ0n) is 38.1. The van der Waals surface area contributed by atoms with Crippen LogP contribution in [0.4, 0.5) is 0 Å². The number of hydrogen-bond acceptors (Lipinski definition) is 5. The third-order valence-corrected chi connectivity index (χ3v) is 11.2. The Morgan fingerprint density at radius 2 is 0.702 bits per heavy atom. The lowest BCUT2D eigenvalue weighted by molar-refractivity contribution is -0.161. The van der Waals surface area contributed by atoms with E-state index in [1.165, 1.54) is 186 Å². The van der Waals surface area contributed by atoms with Crippen molar-refractivity contribution in [1.82, 2.24) is 0 Å². The van der Waals surface area contributed by atoms with Crippen LogP contribution in [0.25, 0.3) is 0 Å². The van der Waals surface area contributed by atoms with E-state index in [2.05, 4.69) is 50.3 Å². The highest BCUT2D eigenvalue weighted by atomic mass is 16.6. The molecule has 0 aromatic heterocycles. The first-order chi connectivity index (χ1) is 28.1. The number of rotatable bonds is 46. The molecule has 0 aromatic carbocycles. The number of aliphatic hydroxyl groups is 1. The van der Waals surface area contributed by atoms with Crippen LogP contribution in [-0.2, 0) is 19.1 Å². The lowest BCUT2D eigenvalue weighted by Crippen LogP contribution is -2.28. The van der Waals surface area contributed by atoms with Crippen LogP contribution in [0.15, 0.2) is 36.5 Å². The fourth-order valence-electron chi connectivity index (χ4n) is 7.35. The van der Waals surface area contributed by atoms with Crippen LogP contribution in [0, 0.1) is 0 Å². The Morgan fingerprint density at radius 3 is 1.07 bits per heavy atom. The molecule has 0 radical (unpaired) electrons. The summed E-state index contributed by atoms with van der Waals surface area (Å²) >= 11 is 0. The summed E-state index contributed by atoms with van der Waals surface area (Å²) in [5.74, 6) is -0.597. The van der Waals surface area contributed by atoms with Crippen molar-refractivity contribution >= 4 is 11.9 Å². The van der Waals surface area contributed by atoms with Crippen molar-refractivity contribution in [3.8, 4) is 0 Å². The Bertz CT molecular complexity index is 908. The minimum Gasteiger partial charge on any atom is -0.462 e. The maximum atomic E-state index is 12.2. The van der Waals surface area contributed by atoms with Crippen molar-refractivity contribution in [3.63, 3.8) is 0 Å². The van der Waals surface area contributed by atoms with E-state index in [9.17, 15) is 14.7 Å². The average molecular weight is 801 g/mol. The summed E-state index contributed by atoms with van der Waals surface area (Å²) in [6, 6.07) is 0. The van der Waals surface area contributed by atoms with Gasteiger partial charge in [-0.1, -0.05) is 217 Å². The average Bonchev–Trinajstić information content (AvgIpc) is 3.21. The minimum atomic E-state index is -0.777. The van der Waals surface area contributed by atoms with Crippen LogP contribution in [0.1, 0.15) is 264 Å². The minimum absolute atomic E-state index is 0.0688. The highest BCUT2D eigenvalue weighted by Crippen LogP contribution is 2.16. The van der Waals surface area contributed by atoms with Gasteiger partial charge in [-0.25, -0.2) is 0 Å². The van der Waals surface area contributed by atoms with Gasteiger partial charge in [0.05, 0.1) is 6.61 Å². The van der Waals surface area contributed by atoms with Gasteiger partial charge in [0.1, 0.15) is 6.61 Å². The van der Waals surface area contributed by atoms with Crippen LogP contribution in [0.5, 0.6) is 0 Å².